The molecular formula is C19H14ClF3N4O5S2. The van der Waals surface area contributed by atoms with Crippen molar-refractivity contribution in [3.05, 3.63) is 63.1 Å². The Morgan fingerprint density at radius 1 is 1.21 bits per heavy atom. The topological polar surface area (TPSA) is 109 Å². The van der Waals surface area contributed by atoms with Gasteiger partial charge in [-0.05, 0) is 36.3 Å². The molecule has 0 fully saturated rings. The molecule has 9 nitrogen and oxygen atoms in total. The Morgan fingerprint density at radius 2 is 1.94 bits per heavy atom. The van der Waals surface area contributed by atoms with E-state index in [4.69, 9.17) is 20.3 Å². The summed E-state index contributed by atoms with van der Waals surface area (Å²) in [6, 6.07) is 3.92. The van der Waals surface area contributed by atoms with Gasteiger partial charge in [0, 0.05) is 12.7 Å². The Balaban J connectivity index is 2.08. The van der Waals surface area contributed by atoms with E-state index in [1.54, 1.807) is 6.26 Å². The molecule has 0 spiro atoms. The molecule has 0 atom stereocenters. The summed E-state index contributed by atoms with van der Waals surface area (Å²) in [6.07, 6.45) is 2.45. The van der Waals surface area contributed by atoms with Crippen molar-refractivity contribution in [1.82, 2.24) is 18.7 Å². The van der Waals surface area contributed by atoms with Crippen molar-refractivity contribution in [3.63, 3.8) is 0 Å². The van der Waals surface area contributed by atoms with Crippen LogP contribution in [0.5, 0.6) is 0 Å². The molecule has 0 aliphatic rings. The van der Waals surface area contributed by atoms with E-state index >= 15 is 0 Å². The zero-order chi connectivity index (χ0) is 24.8. The van der Waals surface area contributed by atoms with Crippen molar-refractivity contribution in [2.45, 2.75) is 6.42 Å². The maximum atomic E-state index is 14.7. The van der Waals surface area contributed by atoms with Gasteiger partial charge in [0.2, 0.25) is 10.0 Å². The predicted octanol–water partition coefficient (Wildman–Crippen LogP) is 3.56. The number of fused-ring (bicyclic) bond motifs is 1. The highest BCUT2D eigenvalue weighted by Gasteiger charge is 2.29. The van der Waals surface area contributed by atoms with Gasteiger partial charge in [0.25, 0.3) is 0 Å². The molecule has 4 rings (SSSR count). The number of hydrogen-bond acceptors (Lipinski definition) is 8. The molecule has 2 aromatic heterocycles. The molecule has 4 aromatic rings. The van der Waals surface area contributed by atoms with E-state index in [9.17, 15) is 26.4 Å². The zero-order valence-electron chi connectivity index (χ0n) is 17.4. The van der Waals surface area contributed by atoms with Crippen LogP contribution in [-0.2, 0) is 20.6 Å². The fraction of sp³-hybridized carbons (Fsp3) is 0.211. The van der Waals surface area contributed by atoms with E-state index in [1.165, 1.54) is 6.07 Å². The van der Waals surface area contributed by atoms with Crippen LogP contribution in [0.15, 0.2) is 33.6 Å². The molecule has 0 saturated carbocycles. The third-order valence-corrected chi connectivity index (χ3v) is 6.46. The van der Waals surface area contributed by atoms with Gasteiger partial charge in [0.15, 0.2) is 17.5 Å². The summed E-state index contributed by atoms with van der Waals surface area (Å²) in [5.74, 6) is -5.09. The van der Waals surface area contributed by atoms with E-state index in [0.717, 1.165) is 39.0 Å². The minimum Gasteiger partial charge on any atom is -0.315 e. The average Bonchev–Trinajstić information content (AvgIpc) is 3.34. The lowest BCUT2D eigenvalue weighted by molar-refractivity contribution is 0.376. The normalized spacial score (nSPS) is 12.1. The predicted molar refractivity (Wildman–Crippen MR) is 119 cm³/mol. The molecule has 0 aliphatic heterocycles. The first kappa shape index (κ1) is 24.3. The number of nitrogens with zero attached hydrogens (tertiary/aromatic N) is 4. The van der Waals surface area contributed by atoms with Gasteiger partial charge in [-0.15, -0.1) is 0 Å². The van der Waals surface area contributed by atoms with Crippen molar-refractivity contribution in [2.24, 2.45) is 0 Å². The standard InChI is InChI=1S/C19H14ClF3N4O5S2/c1-33-31-6-5-14-24-16-15(23)13(22)8-10(17(16)27(14)34(2,29)30)18-25-32-19(28)26(18)9-3-4-12(21)11(20)7-9/h3-4,7-8H,5-6H2,1-2H3. The molecule has 180 valence electrons. The smallest absolute Gasteiger partial charge is 0.315 e. The lowest BCUT2D eigenvalue weighted by Crippen LogP contribution is -2.17. The second-order valence-corrected chi connectivity index (χ2v) is 9.72. The van der Waals surface area contributed by atoms with Crippen LogP contribution in [0.2, 0.25) is 5.02 Å². The van der Waals surface area contributed by atoms with Crippen LogP contribution in [0.25, 0.3) is 28.1 Å². The maximum absolute atomic E-state index is 14.7. The van der Waals surface area contributed by atoms with Crippen LogP contribution < -0.4 is 5.76 Å². The Bertz CT molecular complexity index is 1580. The van der Waals surface area contributed by atoms with Crippen LogP contribution in [-0.4, -0.2) is 46.2 Å². The van der Waals surface area contributed by atoms with Crippen LogP contribution in [0.1, 0.15) is 5.82 Å². The Morgan fingerprint density at radius 3 is 2.59 bits per heavy atom. The van der Waals surface area contributed by atoms with E-state index < -0.39 is 38.7 Å². The van der Waals surface area contributed by atoms with Gasteiger partial charge in [-0.3, -0.25) is 4.52 Å². The molecule has 34 heavy (non-hydrogen) atoms. The molecule has 0 unspecified atom stereocenters. The molecule has 15 heteroatoms. The summed E-state index contributed by atoms with van der Waals surface area (Å²) in [4.78, 5) is 16.4. The summed E-state index contributed by atoms with van der Waals surface area (Å²) in [7, 11) is -4.11. The fourth-order valence-electron chi connectivity index (χ4n) is 3.39. The Kier molecular flexibility index (Phi) is 6.50. The minimum atomic E-state index is -4.11. The molecular weight excluding hydrogens is 521 g/mol. The van der Waals surface area contributed by atoms with E-state index in [0.29, 0.717) is 6.07 Å². The van der Waals surface area contributed by atoms with E-state index in [-0.39, 0.29) is 46.5 Å². The molecule has 2 heterocycles. The third-order valence-electron chi connectivity index (χ3n) is 4.71. The minimum absolute atomic E-state index is 0.00968. The summed E-state index contributed by atoms with van der Waals surface area (Å²) in [5, 5.41) is 3.30. The fourth-order valence-corrected chi connectivity index (χ4v) is 4.84. The molecule has 0 bridgehead atoms. The first-order valence-corrected chi connectivity index (χ1v) is 12.7. The van der Waals surface area contributed by atoms with Crippen molar-refractivity contribution in [1.29, 1.82) is 0 Å². The molecule has 0 aliphatic carbocycles. The number of halogens is 4. The molecule has 0 amide bonds. The third kappa shape index (κ3) is 4.21. The lowest BCUT2D eigenvalue weighted by Gasteiger charge is -2.11. The number of imidazole rings is 1. The SMILES string of the molecule is CSOCCc1nc2c(F)c(F)cc(-c3noc(=O)n3-c3ccc(F)c(Cl)c3)c2n1S(C)(=O)=O. The molecule has 0 saturated heterocycles. The largest absolute Gasteiger partial charge is 0.446 e. The average molecular weight is 535 g/mol. The zero-order valence-corrected chi connectivity index (χ0v) is 19.8. The van der Waals surface area contributed by atoms with Gasteiger partial charge in [-0.25, -0.2) is 39.9 Å². The van der Waals surface area contributed by atoms with Crippen molar-refractivity contribution in [2.75, 3.05) is 19.1 Å². The van der Waals surface area contributed by atoms with Crippen LogP contribution >= 0.6 is 23.6 Å². The van der Waals surface area contributed by atoms with Crippen molar-refractivity contribution >= 4 is 44.7 Å². The molecule has 0 radical (unpaired) electrons. The van der Waals surface area contributed by atoms with Gasteiger partial charge >= 0.3 is 5.76 Å². The highest BCUT2D eigenvalue weighted by molar-refractivity contribution is 7.93. The second kappa shape index (κ2) is 9.09. The Hall–Kier alpha value is -2.81. The van der Waals surface area contributed by atoms with Gasteiger partial charge in [0.05, 0.1) is 34.7 Å². The highest BCUT2D eigenvalue weighted by atomic mass is 35.5. The van der Waals surface area contributed by atoms with Crippen LogP contribution in [0.4, 0.5) is 13.2 Å². The summed E-state index contributed by atoms with van der Waals surface area (Å²) >= 11 is 6.85. The number of hydrogen-bond donors (Lipinski definition) is 0. The number of aromatic nitrogens is 4. The first-order valence-electron chi connectivity index (χ1n) is 9.34. The van der Waals surface area contributed by atoms with Gasteiger partial charge in [-0.1, -0.05) is 16.8 Å². The van der Waals surface area contributed by atoms with Crippen LogP contribution in [0.3, 0.4) is 0 Å². The maximum Gasteiger partial charge on any atom is 0.446 e. The van der Waals surface area contributed by atoms with Gasteiger partial charge in [-0.2, -0.15) is 0 Å². The molecule has 0 N–H and O–H groups in total. The van der Waals surface area contributed by atoms with E-state index in [2.05, 4.69) is 10.1 Å². The van der Waals surface area contributed by atoms with E-state index in [1.807, 2.05) is 0 Å². The highest BCUT2D eigenvalue weighted by Crippen LogP contribution is 2.34. The summed E-state index contributed by atoms with van der Waals surface area (Å²) < 4.78 is 79.7. The monoisotopic (exact) mass is 534 g/mol. The number of benzene rings is 2. The number of rotatable bonds is 7. The quantitative estimate of drug-likeness (QED) is 0.261. The van der Waals surface area contributed by atoms with Crippen LogP contribution in [0, 0.1) is 17.5 Å². The summed E-state index contributed by atoms with van der Waals surface area (Å²) in [6.45, 7) is 0.0300. The Labute approximate surface area is 199 Å². The second-order valence-electron chi connectivity index (χ2n) is 6.92. The first-order chi connectivity index (χ1) is 16.0. The lowest BCUT2D eigenvalue weighted by atomic mass is 10.1. The van der Waals surface area contributed by atoms with Crippen molar-refractivity contribution < 1.29 is 30.3 Å². The van der Waals surface area contributed by atoms with Gasteiger partial charge in [0.1, 0.15) is 17.2 Å². The molecule has 2 aromatic carbocycles. The van der Waals surface area contributed by atoms with Gasteiger partial charge < -0.3 is 4.18 Å². The van der Waals surface area contributed by atoms with Crippen molar-refractivity contribution in [3.8, 4) is 17.1 Å². The summed E-state index contributed by atoms with van der Waals surface area (Å²) in [5.41, 5.74) is -1.28.